The van der Waals surface area contributed by atoms with Crippen LogP contribution in [0, 0.1) is 35.5 Å². The molecule has 8 atom stereocenters. The summed E-state index contributed by atoms with van der Waals surface area (Å²) in [5, 5.41) is 0. The van der Waals surface area contributed by atoms with Crippen LogP contribution in [0.5, 0.6) is 0 Å². The van der Waals surface area contributed by atoms with Gasteiger partial charge in [-0.3, -0.25) is 0 Å². The first-order valence-electron chi connectivity index (χ1n) is 17.7. The number of unbranched alkanes of at least 4 members (excludes halogenated alkanes) is 2. The second-order valence-corrected chi connectivity index (χ2v) is 27.0. The summed E-state index contributed by atoms with van der Waals surface area (Å²) in [4.78, 5) is 8.47. The average Bonchev–Trinajstić information content (AvgIpc) is 3.34. The van der Waals surface area contributed by atoms with Gasteiger partial charge in [0.2, 0.25) is 0 Å². The minimum absolute atomic E-state index is 0.251. The molecule has 0 heterocycles. The van der Waals surface area contributed by atoms with E-state index in [0.29, 0.717) is 0 Å². The van der Waals surface area contributed by atoms with Crippen molar-refractivity contribution < 1.29 is 0 Å². The largest absolute Gasteiger partial charge is 0.332 e. The molecule has 0 radical (unpaired) electrons. The normalized spacial score (nSPS) is 36.2. The fraction of sp³-hybridized carbons (Fsp3) is 1.00. The summed E-state index contributed by atoms with van der Waals surface area (Å²) < 4.78 is 0. The van der Waals surface area contributed by atoms with Gasteiger partial charge >= 0.3 is 0 Å². The van der Waals surface area contributed by atoms with E-state index in [0.717, 1.165) is 46.6 Å². The fourth-order valence-corrected chi connectivity index (χ4v) is 21.9. The minimum Gasteiger partial charge on any atom is -0.332 e. The molecule has 0 spiro atoms. The third-order valence-electron chi connectivity index (χ3n) is 11.8. The molecule has 4 heteroatoms. The van der Waals surface area contributed by atoms with Crippen LogP contribution in [0.2, 0.25) is 37.3 Å². The first kappa shape index (κ1) is 32.3. The van der Waals surface area contributed by atoms with Gasteiger partial charge in [0.1, 0.15) is 16.5 Å². The van der Waals surface area contributed by atoms with Crippen LogP contribution >= 0.6 is 0 Å². The van der Waals surface area contributed by atoms with Gasteiger partial charge in [0.25, 0.3) is 0 Å². The Balaban J connectivity index is 1.34. The highest BCUT2D eigenvalue weighted by Gasteiger charge is 2.53. The standard InChI is InChI=1S/C35H70N2Si2/c1-34(2,3)36-38(7,8)32-28(24-26-18-14-16-22-30(26)32)20-12-11-13-21-29-25-27-19-15-17-23-31(27)33(29)39(9,10)37-35(4,5)6/h26-33,36-37H,11-25H2,1-10H3/t26?,27?,28?,29?,30-,31?,32?,33?/m0/s1. The van der Waals surface area contributed by atoms with E-state index in [1.807, 2.05) is 0 Å². The Bertz CT molecular complexity index is 714. The lowest BCUT2D eigenvalue weighted by molar-refractivity contribution is 0.273. The van der Waals surface area contributed by atoms with Crippen LogP contribution in [0.15, 0.2) is 0 Å². The Hall–Kier alpha value is 0.354. The summed E-state index contributed by atoms with van der Waals surface area (Å²) in [6.45, 7) is 25.1. The Morgan fingerprint density at radius 3 is 1.26 bits per heavy atom. The highest BCUT2D eigenvalue weighted by molar-refractivity contribution is 6.77. The van der Waals surface area contributed by atoms with Crippen molar-refractivity contribution in [1.82, 2.24) is 9.96 Å². The van der Waals surface area contributed by atoms with Crippen molar-refractivity contribution in [3.8, 4) is 0 Å². The van der Waals surface area contributed by atoms with E-state index in [9.17, 15) is 0 Å². The molecule has 2 nitrogen and oxygen atoms in total. The summed E-state index contributed by atoms with van der Waals surface area (Å²) in [6, 6.07) is 0. The molecule has 39 heavy (non-hydrogen) atoms. The fourth-order valence-electron chi connectivity index (χ4n) is 11.7. The Morgan fingerprint density at radius 2 is 0.897 bits per heavy atom. The van der Waals surface area contributed by atoms with E-state index in [2.05, 4.69) is 77.7 Å². The average molecular weight is 575 g/mol. The predicted octanol–water partition coefficient (Wildman–Crippen LogP) is 10.5. The van der Waals surface area contributed by atoms with Crippen molar-refractivity contribution in [3.05, 3.63) is 0 Å². The molecule has 4 saturated carbocycles. The van der Waals surface area contributed by atoms with Crippen LogP contribution < -0.4 is 9.96 Å². The molecule has 4 fully saturated rings. The number of rotatable bonds is 10. The van der Waals surface area contributed by atoms with Crippen LogP contribution in [-0.2, 0) is 0 Å². The van der Waals surface area contributed by atoms with Gasteiger partial charge in [-0.25, -0.2) is 0 Å². The zero-order valence-corrected chi connectivity index (χ0v) is 30.2. The van der Waals surface area contributed by atoms with Crippen molar-refractivity contribution in [2.24, 2.45) is 35.5 Å². The van der Waals surface area contributed by atoms with Crippen LogP contribution in [0.1, 0.15) is 138 Å². The van der Waals surface area contributed by atoms with Crippen LogP contribution in [0.4, 0.5) is 0 Å². The Morgan fingerprint density at radius 1 is 0.538 bits per heavy atom. The smallest absolute Gasteiger partial charge is 0.123 e. The van der Waals surface area contributed by atoms with Gasteiger partial charge in [0, 0.05) is 11.1 Å². The molecule has 0 amide bonds. The van der Waals surface area contributed by atoms with Gasteiger partial charge in [-0.1, -0.05) is 110 Å². The third-order valence-corrected chi connectivity index (χ3v) is 19.7. The molecular formula is C35H70N2Si2. The first-order chi connectivity index (χ1) is 18.1. The first-order valence-corrected chi connectivity index (χ1v) is 23.8. The second-order valence-electron chi connectivity index (χ2n) is 18.3. The van der Waals surface area contributed by atoms with Crippen molar-refractivity contribution in [2.45, 2.75) is 186 Å². The molecule has 4 aliphatic carbocycles. The lowest BCUT2D eigenvalue weighted by Crippen LogP contribution is -2.59. The number of hydrogen-bond acceptors (Lipinski definition) is 2. The SMILES string of the molecule is CC(C)(C)N[Si](C)(C)C1C(CCCCCC2CC3CCCC[C@@H]3C2[Si](C)(C)NC(C)(C)C)CC2CCCCC21. The van der Waals surface area contributed by atoms with Gasteiger partial charge in [0.05, 0.1) is 0 Å². The summed E-state index contributed by atoms with van der Waals surface area (Å²) in [5.41, 5.74) is 2.50. The summed E-state index contributed by atoms with van der Waals surface area (Å²) >= 11 is 0. The zero-order valence-electron chi connectivity index (χ0n) is 28.2. The molecule has 0 aliphatic heterocycles. The summed E-state index contributed by atoms with van der Waals surface area (Å²) in [5.74, 6) is 6.16. The molecule has 228 valence electrons. The van der Waals surface area contributed by atoms with Gasteiger partial charge in [-0.05, 0) is 101 Å². The quantitative estimate of drug-likeness (QED) is 0.200. The highest BCUT2D eigenvalue weighted by atomic mass is 28.3. The van der Waals surface area contributed by atoms with Crippen LogP contribution in [0.25, 0.3) is 0 Å². The molecule has 0 aromatic carbocycles. The van der Waals surface area contributed by atoms with E-state index >= 15 is 0 Å². The molecule has 4 aliphatic rings. The second kappa shape index (κ2) is 12.5. The monoisotopic (exact) mass is 575 g/mol. The summed E-state index contributed by atoms with van der Waals surface area (Å²) in [7, 11) is -2.97. The number of fused-ring (bicyclic) bond motifs is 2. The van der Waals surface area contributed by atoms with Crippen molar-refractivity contribution in [2.75, 3.05) is 0 Å². The maximum atomic E-state index is 4.24. The van der Waals surface area contributed by atoms with Gasteiger partial charge in [-0.15, -0.1) is 0 Å². The Kier molecular flexibility index (Phi) is 10.4. The zero-order chi connectivity index (χ0) is 28.6. The molecular weight excluding hydrogens is 505 g/mol. The van der Waals surface area contributed by atoms with E-state index in [1.54, 1.807) is 12.8 Å². The lowest BCUT2D eigenvalue weighted by Gasteiger charge is -2.44. The lowest BCUT2D eigenvalue weighted by atomic mass is 9.82. The summed E-state index contributed by atoms with van der Waals surface area (Å²) in [6.07, 6.45) is 22.8. The van der Waals surface area contributed by atoms with E-state index in [-0.39, 0.29) is 11.1 Å². The third kappa shape index (κ3) is 8.26. The molecule has 0 saturated heterocycles. The van der Waals surface area contributed by atoms with Crippen molar-refractivity contribution in [3.63, 3.8) is 0 Å². The minimum atomic E-state index is -1.49. The van der Waals surface area contributed by atoms with E-state index in [4.69, 9.17) is 0 Å². The molecule has 4 rings (SSSR count). The topological polar surface area (TPSA) is 24.1 Å². The number of nitrogens with one attached hydrogen (secondary N) is 2. The van der Waals surface area contributed by atoms with Gasteiger partial charge in [-0.2, -0.15) is 0 Å². The van der Waals surface area contributed by atoms with Crippen molar-refractivity contribution >= 4 is 16.5 Å². The molecule has 7 unspecified atom stereocenters. The van der Waals surface area contributed by atoms with Crippen LogP contribution in [0.3, 0.4) is 0 Å². The maximum Gasteiger partial charge on any atom is 0.123 e. The molecule has 0 aromatic rings. The molecule has 0 aromatic heterocycles. The molecule has 0 bridgehead atoms. The highest BCUT2D eigenvalue weighted by Crippen LogP contribution is 2.58. The molecule has 2 N–H and O–H groups in total. The number of hydrogen-bond donors (Lipinski definition) is 2. The van der Waals surface area contributed by atoms with Gasteiger partial charge in [0.15, 0.2) is 0 Å². The maximum absolute atomic E-state index is 4.24. The van der Waals surface area contributed by atoms with E-state index in [1.165, 1.54) is 83.5 Å². The van der Waals surface area contributed by atoms with Gasteiger partial charge < -0.3 is 9.96 Å². The van der Waals surface area contributed by atoms with Crippen LogP contribution in [-0.4, -0.2) is 27.5 Å². The van der Waals surface area contributed by atoms with Crippen molar-refractivity contribution in [1.29, 1.82) is 0 Å². The van der Waals surface area contributed by atoms with E-state index < -0.39 is 16.5 Å². The predicted molar refractivity (Wildman–Crippen MR) is 178 cm³/mol. The Labute approximate surface area is 247 Å².